The molecule has 0 atom stereocenters. The smallest absolute Gasteiger partial charge is 0.239 e. The van der Waals surface area contributed by atoms with E-state index in [0.29, 0.717) is 0 Å². The van der Waals surface area contributed by atoms with Gasteiger partial charge < -0.3 is 16.0 Å². The zero-order valence-electron chi connectivity index (χ0n) is 6.12. The molecule has 0 aliphatic carbocycles. The first-order chi connectivity index (χ1) is 4.70. The molecule has 10 heavy (non-hydrogen) atoms. The van der Waals surface area contributed by atoms with E-state index in [4.69, 9.17) is 5.41 Å². The summed E-state index contributed by atoms with van der Waals surface area (Å²) in [4.78, 5) is 10.5. The molecule has 0 aromatic carbocycles. The lowest BCUT2D eigenvalue weighted by atomic mass is 10.6. The number of carbonyl (C=O) groups is 1. The standard InChI is InChI=1S/C5H12N4O/c1-7-4(10)3-9-5(6)8-2/h3H2,1-2H3,(H,7,10)(H3,6,8,9). The molecule has 0 spiro atoms. The monoisotopic (exact) mass is 144 g/mol. The Kier molecular flexibility index (Phi) is 4.02. The van der Waals surface area contributed by atoms with Crippen LogP contribution >= 0.6 is 0 Å². The van der Waals surface area contributed by atoms with Gasteiger partial charge in [0.2, 0.25) is 5.91 Å². The SMILES string of the molecule is CNC(=N)NCC(=O)NC. The number of likely N-dealkylation sites (N-methyl/N-ethyl adjacent to an activating group) is 1. The van der Waals surface area contributed by atoms with Crippen molar-refractivity contribution in [1.29, 1.82) is 5.41 Å². The number of hydrogen-bond donors (Lipinski definition) is 4. The minimum atomic E-state index is -0.139. The lowest BCUT2D eigenvalue weighted by Gasteiger charge is -2.04. The van der Waals surface area contributed by atoms with E-state index in [1.165, 1.54) is 0 Å². The summed E-state index contributed by atoms with van der Waals surface area (Å²) < 4.78 is 0. The molecule has 0 aliphatic rings. The first-order valence-electron chi connectivity index (χ1n) is 2.91. The lowest BCUT2D eigenvalue weighted by molar-refractivity contribution is -0.119. The molecule has 0 saturated heterocycles. The van der Waals surface area contributed by atoms with Crippen molar-refractivity contribution in [1.82, 2.24) is 16.0 Å². The second kappa shape index (κ2) is 4.60. The van der Waals surface area contributed by atoms with Crippen molar-refractivity contribution in [3.63, 3.8) is 0 Å². The average Bonchev–Trinajstić information content (AvgIpc) is 1.99. The van der Waals surface area contributed by atoms with Gasteiger partial charge >= 0.3 is 0 Å². The van der Waals surface area contributed by atoms with Crippen molar-refractivity contribution in [2.24, 2.45) is 0 Å². The Bertz CT molecular complexity index is 118. The number of amides is 1. The summed E-state index contributed by atoms with van der Waals surface area (Å²) in [6.45, 7) is 0.135. The third-order valence-corrected chi connectivity index (χ3v) is 0.955. The summed E-state index contributed by atoms with van der Waals surface area (Å²) in [6, 6.07) is 0. The van der Waals surface area contributed by atoms with E-state index in [-0.39, 0.29) is 18.4 Å². The highest BCUT2D eigenvalue weighted by molar-refractivity contribution is 5.84. The summed E-state index contributed by atoms with van der Waals surface area (Å²) in [7, 11) is 3.16. The van der Waals surface area contributed by atoms with Crippen molar-refractivity contribution in [2.75, 3.05) is 20.6 Å². The number of guanidine groups is 1. The maximum Gasteiger partial charge on any atom is 0.239 e. The van der Waals surface area contributed by atoms with Gasteiger partial charge in [-0.1, -0.05) is 0 Å². The summed E-state index contributed by atoms with van der Waals surface area (Å²) >= 11 is 0. The topological polar surface area (TPSA) is 77.0 Å². The highest BCUT2D eigenvalue weighted by Gasteiger charge is 1.96. The summed E-state index contributed by atoms with van der Waals surface area (Å²) in [5.74, 6) is 0.00333. The molecular weight excluding hydrogens is 132 g/mol. The van der Waals surface area contributed by atoms with E-state index in [1.54, 1.807) is 14.1 Å². The van der Waals surface area contributed by atoms with E-state index in [9.17, 15) is 4.79 Å². The molecule has 4 N–H and O–H groups in total. The fourth-order valence-electron chi connectivity index (χ4n) is 0.345. The Morgan fingerprint density at radius 1 is 1.40 bits per heavy atom. The third kappa shape index (κ3) is 3.71. The van der Waals surface area contributed by atoms with Gasteiger partial charge in [0.15, 0.2) is 5.96 Å². The summed E-state index contributed by atoms with van der Waals surface area (Å²) in [6.07, 6.45) is 0. The Balaban J connectivity index is 3.35. The zero-order chi connectivity index (χ0) is 7.98. The Hall–Kier alpha value is -1.26. The molecule has 0 saturated carbocycles. The van der Waals surface area contributed by atoms with Gasteiger partial charge in [0.05, 0.1) is 6.54 Å². The van der Waals surface area contributed by atoms with Crippen molar-refractivity contribution in [2.45, 2.75) is 0 Å². The van der Waals surface area contributed by atoms with Crippen LogP contribution < -0.4 is 16.0 Å². The maximum atomic E-state index is 10.5. The quantitative estimate of drug-likeness (QED) is 0.281. The van der Waals surface area contributed by atoms with Crippen LogP contribution in [0.4, 0.5) is 0 Å². The van der Waals surface area contributed by atoms with Gasteiger partial charge in [0.1, 0.15) is 0 Å². The van der Waals surface area contributed by atoms with Gasteiger partial charge in [0, 0.05) is 14.1 Å². The van der Waals surface area contributed by atoms with Crippen LogP contribution in [0.5, 0.6) is 0 Å². The second-order valence-electron chi connectivity index (χ2n) is 1.65. The molecule has 0 radical (unpaired) electrons. The molecule has 58 valence electrons. The molecule has 0 bridgehead atoms. The van der Waals surface area contributed by atoms with Gasteiger partial charge in [-0.2, -0.15) is 0 Å². The number of carbonyl (C=O) groups excluding carboxylic acids is 1. The van der Waals surface area contributed by atoms with Crippen molar-refractivity contribution < 1.29 is 4.79 Å². The van der Waals surface area contributed by atoms with Crippen LogP contribution in [0.3, 0.4) is 0 Å². The van der Waals surface area contributed by atoms with E-state index >= 15 is 0 Å². The minimum Gasteiger partial charge on any atom is -0.360 e. The van der Waals surface area contributed by atoms with Gasteiger partial charge in [0.25, 0.3) is 0 Å². The van der Waals surface area contributed by atoms with Crippen molar-refractivity contribution >= 4 is 11.9 Å². The van der Waals surface area contributed by atoms with Crippen LogP contribution in [-0.2, 0) is 4.79 Å². The summed E-state index contributed by atoms with van der Waals surface area (Å²) in [5.41, 5.74) is 0. The van der Waals surface area contributed by atoms with Crippen LogP contribution in [0.1, 0.15) is 0 Å². The van der Waals surface area contributed by atoms with Gasteiger partial charge in [-0.3, -0.25) is 10.2 Å². The summed E-state index contributed by atoms with van der Waals surface area (Å²) in [5, 5.41) is 14.5. The van der Waals surface area contributed by atoms with Crippen LogP contribution in [0.15, 0.2) is 0 Å². The van der Waals surface area contributed by atoms with Crippen LogP contribution in [0, 0.1) is 5.41 Å². The molecular formula is C5H12N4O. The van der Waals surface area contributed by atoms with E-state index in [0.717, 1.165) is 0 Å². The van der Waals surface area contributed by atoms with Gasteiger partial charge in [-0.25, -0.2) is 0 Å². The maximum absolute atomic E-state index is 10.5. The molecule has 1 amide bonds. The predicted octanol–water partition coefficient (Wildman–Crippen LogP) is -1.52. The number of hydrogen-bond acceptors (Lipinski definition) is 2. The molecule has 0 heterocycles. The molecule has 0 rings (SSSR count). The third-order valence-electron chi connectivity index (χ3n) is 0.955. The van der Waals surface area contributed by atoms with Gasteiger partial charge in [-0.15, -0.1) is 0 Å². The zero-order valence-corrected chi connectivity index (χ0v) is 6.12. The van der Waals surface area contributed by atoms with Crippen molar-refractivity contribution in [3.05, 3.63) is 0 Å². The fourth-order valence-corrected chi connectivity index (χ4v) is 0.345. The molecule has 0 aliphatic heterocycles. The van der Waals surface area contributed by atoms with Crippen molar-refractivity contribution in [3.8, 4) is 0 Å². The fraction of sp³-hybridized carbons (Fsp3) is 0.600. The molecule has 0 aromatic rings. The second-order valence-corrected chi connectivity index (χ2v) is 1.65. The predicted molar refractivity (Wildman–Crippen MR) is 38.9 cm³/mol. The lowest BCUT2D eigenvalue weighted by Crippen LogP contribution is -2.40. The van der Waals surface area contributed by atoms with E-state index in [1.807, 2.05) is 0 Å². The molecule has 0 fully saturated rings. The normalized spacial score (nSPS) is 8.20. The first-order valence-corrected chi connectivity index (χ1v) is 2.91. The Morgan fingerprint density at radius 2 is 2.00 bits per heavy atom. The van der Waals surface area contributed by atoms with Crippen LogP contribution in [-0.4, -0.2) is 32.5 Å². The number of nitrogens with one attached hydrogen (secondary N) is 4. The highest BCUT2D eigenvalue weighted by atomic mass is 16.1. The first kappa shape index (κ1) is 8.74. The average molecular weight is 144 g/mol. The number of rotatable bonds is 2. The Morgan fingerprint density at radius 3 is 2.40 bits per heavy atom. The van der Waals surface area contributed by atoms with Crippen LogP contribution in [0.25, 0.3) is 0 Å². The van der Waals surface area contributed by atoms with Crippen LogP contribution in [0.2, 0.25) is 0 Å². The Labute approximate surface area is 59.7 Å². The van der Waals surface area contributed by atoms with E-state index in [2.05, 4.69) is 16.0 Å². The largest absolute Gasteiger partial charge is 0.360 e. The molecule has 0 unspecified atom stereocenters. The minimum absolute atomic E-state index is 0.135. The molecule has 5 nitrogen and oxygen atoms in total. The highest BCUT2D eigenvalue weighted by Crippen LogP contribution is 1.59. The molecule has 5 heteroatoms. The molecule has 0 aromatic heterocycles. The van der Waals surface area contributed by atoms with E-state index < -0.39 is 0 Å². The van der Waals surface area contributed by atoms with Gasteiger partial charge in [-0.05, 0) is 0 Å².